The molecule has 0 unspecified atom stereocenters. The van der Waals surface area contributed by atoms with E-state index < -0.39 is 22.6 Å². The normalized spacial score (nSPS) is 13.0. The highest BCUT2D eigenvalue weighted by Gasteiger charge is 2.36. The summed E-state index contributed by atoms with van der Waals surface area (Å²) in [4.78, 5) is 46.3. The Hall–Kier alpha value is -3.55. The number of benzene rings is 2. The molecule has 0 spiro atoms. The van der Waals surface area contributed by atoms with Gasteiger partial charge in [-0.1, -0.05) is 12.1 Å². The lowest BCUT2D eigenvalue weighted by atomic mass is 10.1. The second-order valence-electron chi connectivity index (χ2n) is 4.74. The lowest BCUT2D eigenvalue weighted by Gasteiger charge is -2.14. The molecule has 0 saturated carbocycles. The third-order valence-electron chi connectivity index (χ3n) is 3.35. The molecule has 23 heavy (non-hydrogen) atoms. The summed E-state index contributed by atoms with van der Waals surface area (Å²) in [6.07, 6.45) is 0. The zero-order valence-corrected chi connectivity index (χ0v) is 11.6. The summed E-state index contributed by atoms with van der Waals surface area (Å²) in [6, 6.07) is 11.0. The standard InChI is InChI=1S/C15H9N3O5/c19-13(9-5-7-10(8-6-9)18(22)23)16-17-14(20)11-3-1-2-4-12(11)15(17)21/h1-8H,(H,16,19). The monoisotopic (exact) mass is 311 g/mol. The van der Waals surface area contributed by atoms with Crippen molar-refractivity contribution in [2.75, 3.05) is 0 Å². The van der Waals surface area contributed by atoms with Crippen molar-refractivity contribution in [2.24, 2.45) is 0 Å². The van der Waals surface area contributed by atoms with E-state index in [9.17, 15) is 24.5 Å². The Labute approximate surface area is 129 Å². The minimum absolute atomic E-state index is 0.0900. The van der Waals surface area contributed by atoms with Crippen LogP contribution in [0.1, 0.15) is 31.1 Å². The summed E-state index contributed by atoms with van der Waals surface area (Å²) in [5.41, 5.74) is 2.56. The summed E-state index contributed by atoms with van der Waals surface area (Å²) in [5, 5.41) is 11.2. The summed E-state index contributed by atoms with van der Waals surface area (Å²) in [7, 11) is 0. The van der Waals surface area contributed by atoms with Gasteiger partial charge in [-0.3, -0.25) is 29.9 Å². The van der Waals surface area contributed by atoms with Gasteiger partial charge in [-0.05, 0) is 24.3 Å². The second-order valence-corrected chi connectivity index (χ2v) is 4.74. The fourth-order valence-electron chi connectivity index (χ4n) is 2.19. The number of non-ortho nitro benzene ring substituents is 1. The Morgan fingerprint density at radius 2 is 1.48 bits per heavy atom. The van der Waals surface area contributed by atoms with E-state index >= 15 is 0 Å². The van der Waals surface area contributed by atoms with Crippen molar-refractivity contribution in [3.63, 3.8) is 0 Å². The maximum atomic E-state index is 12.1. The molecule has 8 nitrogen and oxygen atoms in total. The van der Waals surface area contributed by atoms with Crippen molar-refractivity contribution >= 4 is 23.4 Å². The fourth-order valence-corrected chi connectivity index (χ4v) is 2.19. The molecule has 0 aromatic heterocycles. The van der Waals surface area contributed by atoms with E-state index in [0.717, 1.165) is 12.1 Å². The van der Waals surface area contributed by atoms with Crippen molar-refractivity contribution in [3.8, 4) is 0 Å². The molecule has 0 radical (unpaired) electrons. The summed E-state index contributed by atoms with van der Waals surface area (Å²) in [5.74, 6) is -1.96. The van der Waals surface area contributed by atoms with Gasteiger partial charge in [0.15, 0.2) is 0 Å². The van der Waals surface area contributed by atoms with Crippen LogP contribution in [0.3, 0.4) is 0 Å². The quantitative estimate of drug-likeness (QED) is 0.525. The zero-order chi connectivity index (χ0) is 16.6. The number of hydrazine groups is 1. The average molecular weight is 311 g/mol. The molecule has 114 valence electrons. The van der Waals surface area contributed by atoms with Crippen LogP contribution >= 0.6 is 0 Å². The smallest absolute Gasteiger partial charge is 0.267 e. The van der Waals surface area contributed by atoms with E-state index in [1.165, 1.54) is 24.3 Å². The lowest BCUT2D eigenvalue weighted by molar-refractivity contribution is -0.384. The molecule has 1 aliphatic heterocycles. The highest BCUT2D eigenvalue weighted by Crippen LogP contribution is 2.21. The molecule has 1 N–H and O–H groups in total. The van der Waals surface area contributed by atoms with Gasteiger partial charge in [-0.15, -0.1) is 0 Å². The third kappa shape index (κ3) is 2.42. The maximum Gasteiger partial charge on any atom is 0.280 e. The molecule has 8 heteroatoms. The van der Waals surface area contributed by atoms with Crippen LogP contribution in [0.2, 0.25) is 0 Å². The van der Waals surface area contributed by atoms with Gasteiger partial charge < -0.3 is 0 Å². The van der Waals surface area contributed by atoms with Gasteiger partial charge in [0, 0.05) is 17.7 Å². The maximum absolute atomic E-state index is 12.1. The number of fused-ring (bicyclic) bond motifs is 1. The Kier molecular flexibility index (Phi) is 3.34. The molecular weight excluding hydrogens is 302 g/mol. The van der Waals surface area contributed by atoms with E-state index in [1.54, 1.807) is 12.1 Å². The highest BCUT2D eigenvalue weighted by atomic mass is 16.6. The van der Waals surface area contributed by atoms with Gasteiger partial charge >= 0.3 is 0 Å². The van der Waals surface area contributed by atoms with Gasteiger partial charge in [0.05, 0.1) is 16.1 Å². The van der Waals surface area contributed by atoms with Crippen LogP contribution in [-0.4, -0.2) is 27.7 Å². The molecule has 3 amide bonds. The van der Waals surface area contributed by atoms with Crippen molar-refractivity contribution in [3.05, 3.63) is 75.3 Å². The average Bonchev–Trinajstić information content (AvgIpc) is 2.80. The fraction of sp³-hybridized carbons (Fsp3) is 0. The molecule has 3 rings (SSSR count). The first kappa shape index (κ1) is 14.4. The zero-order valence-electron chi connectivity index (χ0n) is 11.6. The Balaban J connectivity index is 1.80. The van der Waals surface area contributed by atoms with Gasteiger partial charge in [0.25, 0.3) is 23.4 Å². The Morgan fingerprint density at radius 3 is 1.96 bits per heavy atom. The summed E-state index contributed by atoms with van der Waals surface area (Å²) >= 11 is 0. The van der Waals surface area contributed by atoms with Crippen molar-refractivity contribution in [1.29, 1.82) is 0 Å². The lowest BCUT2D eigenvalue weighted by Crippen LogP contribution is -2.45. The number of hydrogen-bond acceptors (Lipinski definition) is 5. The minimum Gasteiger partial charge on any atom is -0.267 e. The molecule has 0 atom stereocenters. The van der Waals surface area contributed by atoms with Crippen molar-refractivity contribution in [2.45, 2.75) is 0 Å². The van der Waals surface area contributed by atoms with Gasteiger partial charge in [0.2, 0.25) is 0 Å². The molecule has 0 saturated heterocycles. The number of rotatable bonds is 3. The number of carbonyl (C=O) groups is 3. The molecule has 0 bridgehead atoms. The van der Waals surface area contributed by atoms with Crippen LogP contribution in [0.4, 0.5) is 5.69 Å². The van der Waals surface area contributed by atoms with E-state index in [2.05, 4.69) is 5.43 Å². The highest BCUT2D eigenvalue weighted by molar-refractivity contribution is 6.22. The van der Waals surface area contributed by atoms with Crippen LogP contribution in [0.25, 0.3) is 0 Å². The van der Waals surface area contributed by atoms with Crippen molar-refractivity contribution in [1.82, 2.24) is 10.4 Å². The predicted molar refractivity (Wildman–Crippen MR) is 77.5 cm³/mol. The number of nitrogens with zero attached hydrogens (tertiary/aromatic N) is 2. The van der Waals surface area contributed by atoms with Gasteiger partial charge in [-0.2, -0.15) is 5.01 Å². The molecule has 1 aliphatic rings. The molecule has 0 aliphatic carbocycles. The van der Waals surface area contributed by atoms with Gasteiger partial charge in [-0.25, -0.2) is 0 Å². The largest absolute Gasteiger partial charge is 0.280 e. The van der Waals surface area contributed by atoms with Crippen LogP contribution in [-0.2, 0) is 0 Å². The summed E-state index contributed by atoms with van der Waals surface area (Å²) in [6.45, 7) is 0. The number of nitro benzene ring substituents is 1. The van der Waals surface area contributed by atoms with Gasteiger partial charge in [0.1, 0.15) is 0 Å². The summed E-state index contributed by atoms with van der Waals surface area (Å²) < 4.78 is 0. The first-order valence-electron chi connectivity index (χ1n) is 6.52. The van der Waals surface area contributed by atoms with E-state index in [4.69, 9.17) is 0 Å². The van der Waals surface area contributed by atoms with Crippen LogP contribution in [0.5, 0.6) is 0 Å². The minimum atomic E-state index is -0.714. The van der Waals surface area contributed by atoms with E-state index in [1.807, 2.05) is 0 Å². The molecule has 1 heterocycles. The first-order chi connectivity index (χ1) is 11.0. The van der Waals surface area contributed by atoms with E-state index in [0.29, 0.717) is 5.01 Å². The number of nitro groups is 1. The van der Waals surface area contributed by atoms with Crippen molar-refractivity contribution < 1.29 is 19.3 Å². The molecule has 0 fully saturated rings. The number of nitrogens with one attached hydrogen (secondary N) is 1. The molecule has 2 aromatic rings. The predicted octanol–water partition coefficient (Wildman–Crippen LogP) is 1.54. The van der Waals surface area contributed by atoms with Crippen LogP contribution in [0, 0.1) is 10.1 Å². The van der Waals surface area contributed by atoms with Crippen LogP contribution < -0.4 is 5.43 Å². The number of carbonyl (C=O) groups excluding carboxylic acids is 3. The molecule has 2 aromatic carbocycles. The third-order valence-corrected chi connectivity index (χ3v) is 3.35. The Bertz CT molecular complexity index is 809. The van der Waals surface area contributed by atoms with E-state index in [-0.39, 0.29) is 22.4 Å². The second kappa shape index (κ2) is 5.34. The molecular formula is C15H9N3O5. The number of imide groups is 1. The Morgan fingerprint density at radius 1 is 0.957 bits per heavy atom. The van der Waals surface area contributed by atoms with Crippen LogP contribution in [0.15, 0.2) is 48.5 Å². The topological polar surface area (TPSA) is 110 Å². The number of amides is 3. The SMILES string of the molecule is O=C(NN1C(=O)c2ccccc2C1=O)c1ccc([N+](=O)[O-])cc1. The number of hydrogen-bond donors (Lipinski definition) is 1. The first-order valence-corrected chi connectivity index (χ1v) is 6.52.